The lowest BCUT2D eigenvalue weighted by atomic mass is 9.95. The molecule has 0 radical (unpaired) electrons. The van der Waals surface area contributed by atoms with E-state index in [1.54, 1.807) is 43.5 Å². The molecule has 10 nitrogen and oxygen atoms in total. The number of carbonyl (C=O) groups is 2. The molecule has 2 aromatic carbocycles. The van der Waals surface area contributed by atoms with Crippen LogP contribution >= 0.6 is 0 Å². The van der Waals surface area contributed by atoms with Crippen molar-refractivity contribution in [1.82, 2.24) is 14.1 Å². The average molecular weight is 570 g/mol. The van der Waals surface area contributed by atoms with Gasteiger partial charge in [0.25, 0.3) is 11.7 Å². The summed E-state index contributed by atoms with van der Waals surface area (Å²) >= 11 is 0. The Balaban J connectivity index is 1.53. The van der Waals surface area contributed by atoms with Crippen LogP contribution in [0.4, 0.5) is 0 Å². The topological polar surface area (TPSA) is 117 Å². The van der Waals surface area contributed by atoms with Crippen LogP contribution in [0.1, 0.15) is 36.4 Å². The first-order valence-electron chi connectivity index (χ1n) is 13.6. The minimum Gasteiger partial charge on any atom is -0.507 e. The summed E-state index contributed by atoms with van der Waals surface area (Å²) in [4.78, 5) is 30.4. The van der Waals surface area contributed by atoms with Crippen molar-refractivity contribution in [3.63, 3.8) is 0 Å². The standard InChI is InChI=1S/C29H35N3O7S/c1-38-23-10-8-21(9-11-23)26-25(28(34)29(35)32(26)15-14-30-16-18-39-19-17-30)27(33)22-6-5-7-24(20-22)40(36,37)31-12-3-2-4-13-31/h5-11,20,26,33H,2-4,12-19H2,1H3/t26-/m0/s1. The number of piperidine rings is 1. The van der Waals surface area contributed by atoms with Crippen molar-refractivity contribution >= 4 is 27.5 Å². The van der Waals surface area contributed by atoms with Crippen molar-refractivity contribution in [1.29, 1.82) is 0 Å². The largest absolute Gasteiger partial charge is 0.507 e. The zero-order chi connectivity index (χ0) is 28.3. The van der Waals surface area contributed by atoms with E-state index in [-0.39, 0.29) is 22.6 Å². The fourth-order valence-corrected chi connectivity index (χ4v) is 7.09. The Morgan fingerprint density at radius 1 is 0.975 bits per heavy atom. The van der Waals surface area contributed by atoms with Crippen LogP contribution in [-0.2, 0) is 24.3 Å². The number of aliphatic hydroxyl groups excluding tert-OH is 1. The molecule has 0 spiro atoms. The molecule has 11 heteroatoms. The highest BCUT2D eigenvalue weighted by molar-refractivity contribution is 7.89. The molecular weight excluding hydrogens is 534 g/mol. The molecule has 40 heavy (non-hydrogen) atoms. The lowest BCUT2D eigenvalue weighted by Crippen LogP contribution is -2.42. The predicted octanol–water partition coefficient (Wildman–Crippen LogP) is 2.62. The molecule has 214 valence electrons. The molecule has 0 aliphatic carbocycles. The number of morpholine rings is 1. The lowest BCUT2D eigenvalue weighted by Gasteiger charge is -2.31. The molecule has 0 saturated carbocycles. The number of sulfonamides is 1. The van der Waals surface area contributed by atoms with E-state index in [2.05, 4.69) is 4.90 Å². The molecule has 3 saturated heterocycles. The van der Waals surface area contributed by atoms with Crippen LogP contribution in [0, 0.1) is 0 Å². The summed E-state index contributed by atoms with van der Waals surface area (Å²) < 4.78 is 38.8. The van der Waals surface area contributed by atoms with Gasteiger partial charge in [0.2, 0.25) is 10.0 Å². The molecule has 3 fully saturated rings. The first-order chi connectivity index (χ1) is 19.3. The van der Waals surface area contributed by atoms with Crippen LogP contribution < -0.4 is 4.74 Å². The number of Topliss-reactive ketones (excluding diaryl/α,β-unsaturated/α-hetero) is 1. The van der Waals surface area contributed by atoms with Gasteiger partial charge in [0.1, 0.15) is 11.5 Å². The molecule has 1 amide bonds. The quantitative estimate of drug-likeness (QED) is 0.293. The minimum absolute atomic E-state index is 0.0426. The van der Waals surface area contributed by atoms with Crippen molar-refractivity contribution in [3.8, 4) is 5.75 Å². The average Bonchev–Trinajstić information content (AvgIpc) is 3.25. The molecular formula is C29H35N3O7S. The number of rotatable bonds is 8. The second-order valence-electron chi connectivity index (χ2n) is 10.2. The summed E-state index contributed by atoms with van der Waals surface area (Å²) in [7, 11) is -2.21. The summed E-state index contributed by atoms with van der Waals surface area (Å²) in [6.07, 6.45) is 2.59. The van der Waals surface area contributed by atoms with Crippen LogP contribution in [0.15, 0.2) is 59.0 Å². The van der Waals surface area contributed by atoms with Gasteiger partial charge in [-0.15, -0.1) is 0 Å². The van der Waals surface area contributed by atoms with Gasteiger partial charge in [-0.25, -0.2) is 8.42 Å². The number of ketones is 1. The van der Waals surface area contributed by atoms with Gasteiger partial charge in [-0.1, -0.05) is 30.7 Å². The molecule has 3 aliphatic heterocycles. The van der Waals surface area contributed by atoms with Gasteiger partial charge in [-0.2, -0.15) is 4.31 Å². The molecule has 0 bridgehead atoms. The number of amides is 1. The highest BCUT2D eigenvalue weighted by Gasteiger charge is 2.46. The SMILES string of the molecule is COc1ccc([C@H]2C(=C(O)c3cccc(S(=O)(=O)N4CCCCC4)c3)C(=O)C(=O)N2CCN2CCOCC2)cc1. The van der Waals surface area contributed by atoms with E-state index in [4.69, 9.17) is 9.47 Å². The van der Waals surface area contributed by atoms with E-state index in [0.29, 0.717) is 44.2 Å². The predicted molar refractivity (Wildman–Crippen MR) is 148 cm³/mol. The number of benzene rings is 2. The smallest absolute Gasteiger partial charge is 0.295 e. The monoisotopic (exact) mass is 569 g/mol. The number of ether oxygens (including phenoxy) is 2. The maximum absolute atomic E-state index is 13.4. The summed E-state index contributed by atoms with van der Waals surface area (Å²) in [6, 6.07) is 12.1. The number of hydrogen-bond donors (Lipinski definition) is 1. The molecule has 3 heterocycles. The van der Waals surface area contributed by atoms with E-state index in [0.717, 1.165) is 32.4 Å². The molecule has 0 aromatic heterocycles. The van der Waals surface area contributed by atoms with Crippen LogP contribution in [-0.4, -0.2) is 98.9 Å². The molecule has 1 N–H and O–H groups in total. The number of carbonyl (C=O) groups excluding carboxylic acids is 2. The Morgan fingerprint density at radius 3 is 2.35 bits per heavy atom. The highest BCUT2D eigenvalue weighted by atomic mass is 32.2. The van der Waals surface area contributed by atoms with E-state index < -0.39 is 33.5 Å². The minimum atomic E-state index is -3.76. The molecule has 3 aliphatic rings. The first kappa shape index (κ1) is 28.3. The van der Waals surface area contributed by atoms with Crippen molar-refractivity contribution in [2.75, 3.05) is 59.6 Å². The van der Waals surface area contributed by atoms with Gasteiger partial charge in [0, 0.05) is 44.8 Å². The van der Waals surface area contributed by atoms with Gasteiger partial charge in [-0.3, -0.25) is 14.5 Å². The fourth-order valence-electron chi connectivity index (χ4n) is 5.53. The highest BCUT2D eigenvalue weighted by Crippen LogP contribution is 2.40. The van der Waals surface area contributed by atoms with Crippen molar-refractivity contribution in [2.24, 2.45) is 0 Å². The Morgan fingerprint density at radius 2 is 1.68 bits per heavy atom. The van der Waals surface area contributed by atoms with Gasteiger partial charge < -0.3 is 19.5 Å². The van der Waals surface area contributed by atoms with Crippen LogP contribution in [0.5, 0.6) is 5.75 Å². The second kappa shape index (κ2) is 12.1. The number of methoxy groups -OCH3 is 1. The Kier molecular flexibility index (Phi) is 8.55. The lowest BCUT2D eigenvalue weighted by molar-refractivity contribution is -0.140. The van der Waals surface area contributed by atoms with Gasteiger partial charge in [-0.05, 0) is 42.7 Å². The van der Waals surface area contributed by atoms with E-state index in [1.165, 1.54) is 21.3 Å². The maximum Gasteiger partial charge on any atom is 0.295 e. The summed E-state index contributed by atoms with van der Waals surface area (Å²) in [5.41, 5.74) is 0.744. The third-order valence-corrected chi connectivity index (χ3v) is 9.69. The van der Waals surface area contributed by atoms with Gasteiger partial charge in [0.05, 0.1) is 36.8 Å². The van der Waals surface area contributed by atoms with E-state index in [9.17, 15) is 23.1 Å². The summed E-state index contributed by atoms with van der Waals surface area (Å²) in [5.74, 6) is -1.29. The maximum atomic E-state index is 13.4. The van der Waals surface area contributed by atoms with Gasteiger partial charge >= 0.3 is 0 Å². The third-order valence-electron chi connectivity index (χ3n) is 7.79. The molecule has 2 aromatic rings. The number of aliphatic hydroxyl groups is 1. The zero-order valence-corrected chi connectivity index (χ0v) is 23.4. The fraction of sp³-hybridized carbons (Fsp3) is 0.448. The van der Waals surface area contributed by atoms with Gasteiger partial charge in [0.15, 0.2) is 0 Å². The van der Waals surface area contributed by atoms with Crippen LogP contribution in [0.2, 0.25) is 0 Å². The Bertz CT molecular complexity index is 1380. The first-order valence-corrected chi connectivity index (χ1v) is 15.1. The second-order valence-corrected chi connectivity index (χ2v) is 12.2. The number of hydrogen-bond acceptors (Lipinski definition) is 8. The van der Waals surface area contributed by atoms with Crippen LogP contribution in [0.3, 0.4) is 0 Å². The summed E-state index contributed by atoms with van der Waals surface area (Å²) in [5, 5.41) is 11.5. The normalized spacial score (nSPS) is 22.5. The van der Waals surface area contributed by atoms with E-state index in [1.807, 2.05) is 0 Å². The van der Waals surface area contributed by atoms with Crippen LogP contribution in [0.25, 0.3) is 5.76 Å². The third kappa shape index (κ3) is 5.64. The van der Waals surface area contributed by atoms with Crippen molar-refractivity contribution in [2.45, 2.75) is 30.2 Å². The van der Waals surface area contributed by atoms with Crippen molar-refractivity contribution < 1.29 is 32.6 Å². The van der Waals surface area contributed by atoms with Crippen molar-refractivity contribution in [3.05, 3.63) is 65.2 Å². The Hall–Kier alpha value is -3.25. The molecule has 5 rings (SSSR count). The summed E-state index contributed by atoms with van der Waals surface area (Å²) in [6.45, 7) is 4.40. The number of likely N-dealkylation sites (tertiary alicyclic amines) is 1. The Labute approximate surface area is 234 Å². The molecule has 0 unspecified atom stereocenters. The van der Waals surface area contributed by atoms with E-state index >= 15 is 0 Å². The molecule has 1 atom stereocenters. The zero-order valence-electron chi connectivity index (χ0n) is 22.6. The number of nitrogens with zero attached hydrogens (tertiary/aromatic N) is 3.